The molecule has 7 heteroatoms. The van der Waals surface area contributed by atoms with Crippen LogP contribution in [-0.4, -0.2) is 50.3 Å². The second-order valence-electron chi connectivity index (χ2n) is 5.77. The molecule has 2 aromatic rings. The monoisotopic (exact) mass is 380 g/mol. The quantitative estimate of drug-likeness (QED) is 0.802. The van der Waals surface area contributed by atoms with Crippen LogP contribution in [0.2, 0.25) is 5.02 Å². The molecule has 0 bridgehead atoms. The lowest BCUT2D eigenvalue weighted by molar-refractivity contribution is -0.123. The second kappa shape index (κ2) is 9.20. The number of nitrogens with one attached hydrogen (secondary N) is 1. The van der Waals surface area contributed by atoms with Crippen molar-refractivity contribution in [3.8, 4) is 5.75 Å². The molecule has 0 radical (unpaired) electrons. The first kappa shape index (κ1) is 18.2. The molecule has 1 aromatic carbocycles. The normalized spacial score (nSPS) is 16.4. The van der Waals surface area contributed by atoms with Gasteiger partial charge in [-0.1, -0.05) is 11.6 Å². The molecule has 1 unspecified atom stereocenters. The van der Waals surface area contributed by atoms with Crippen molar-refractivity contribution in [2.75, 3.05) is 39.5 Å². The number of ether oxygens (including phenoxy) is 2. The summed E-state index contributed by atoms with van der Waals surface area (Å²) in [6.45, 7) is 3.75. The number of carbonyl (C=O) groups excluding carboxylic acids is 1. The number of morpholine rings is 1. The van der Waals surface area contributed by atoms with Crippen LogP contribution in [0.15, 0.2) is 41.1 Å². The molecule has 3 rings (SSSR count). The highest BCUT2D eigenvalue weighted by molar-refractivity contribution is 7.07. The van der Waals surface area contributed by atoms with Crippen molar-refractivity contribution in [1.82, 2.24) is 10.2 Å². The summed E-state index contributed by atoms with van der Waals surface area (Å²) in [5.41, 5.74) is 1.23. The summed E-state index contributed by atoms with van der Waals surface area (Å²) in [5.74, 6) is 0.491. The number of carbonyl (C=O) groups is 1. The number of hydrogen-bond donors (Lipinski definition) is 1. The zero-order valence-corrected chi connectivity index (χ0v) is 15.4. The average molecular weight is 381 g/mol. The summed E-state index contributed by atoms with van der Waals surface area (Å²) < 4.78 is 10.9. The average Bonchev–Trinajstić information content (AvgIpc) is 3.17. The number of rotatable bonds is 7. The molecular weight excluding hydrogens is 360 g/mol. The van der Waals surface area contributed by atoms with E-state index in [-0.39, 0.29) is 18.6 Å². The summed E-state index contributed by atoms with van der Waals surface area (Å²) in [6.07, 6.45) is 0. The molecule has 1 amide bonds. The van der Waals surface area contributed by atoms with Crippen molar-refractivity contribution in [3.63, 3.8) is 0 Å². The molecular formula is C18H21ClN2O3S. The maximum atomic E-state index is 12.1. The van der Waals surface area contributed by atoms with Crippen molar-refractivity contribution in [2.45, 2.75) is 6.04 Å². The zero-order chi connectivity index (χ0) is 17.5. The number of amides is 1. The van der Waals surface area contributed by atoms with E-state index in [1.165, 1.54) is 5.56 Å². The van der Waals surface area contributed by atoms with Gasteiger partial charge in [0.25, 0.3) is 5.91 Å². The Kier molecular flexibility index (Phi) is 6.69. The standard InChI is InChI=1S/C18H21ClN2O3S/c19-15-1-3-16(4-2-15)24-12-18(22)20-11-17(14-5-10-25-13-14)21-6-8-23-9-7-21/h1-5,10,13,17H,6-9,11-12H2,(H,20,22). The lowest BCUT2D eigenvalue weighted by atomic mass is 10.1. The van der Waals surface area contributed by atoms with Gasteiger partial charge in [-0.15, -0.1) is 0 Å². The Morgan fingerprint density at radius 2 is 2.04 bits per heavy atom. The van der Waals surface area contributed by atoms with Gasteiger partial charge >= 0.3 is 0 Å². The largest absolute Gasteiger partial charge is 0.484 e. The molecule has 1 aliphatic rings. The lowest BCUT2D eigenvalue weighted by Gasteiger charge is -2.34. The third kappa shape index (κ3) is 5.44. The van der Waals surface area contributed by atoms with E-state index < -0.39 is 0 Å². The molecule has 1 N–H and O–H groups in total. The van der Waals surface area contributed by atoms with Crippen LogP contribution < -0.4 is 10.1 Å². The predicted octanol–water partition coefficient (Wildman–Crippen LogP) is 2.97. The SMILES string of the molecule is O=C(COc1ccc(Cl)cc1)NCC(c1ccsc1)N1CCOCC1. The Morgan fingerprint density at radius 1 is 1.28 bits per heavy atom. The summed E-state index contributed by atoms with van der Waals surface area (Å²) in [4.78, 5) is 14.5. The minimum absolute atomic E-state index is 0.0128. The molecule has 1 fully saturated rings. The number of halogens is 1. The lowest BCUT2D eigenvalue weighted by Crippen LogP contribution is -2.44. The number of thiophene rings is 1. The van der Waals surface area contributed by atoms with E-state index in [9.17, 15) is 4.79 Å². The van der Waals surface area contributed by atoms with Crippen molar-refractivity contribution < 1.29 is 14.3 Å². The molecule has 25 heavy (non-hydrogen) atoms. The van der Waals surface area contributed by atoms with Crippen LogP contribution in [0.1, 0.15) is 11.6 Å². The van der Waals surface area contributed by atoms with Gasteiger partial charge < -0.3 is 14.8 Å². The maximum Gasteiger partial charge on any atom is 0.258 e. The van der Waals surface area contributed by atoms with Crippen LogP contribution in [0, 0.1) is 0 Å². The predicted molar refractivity (Wildman–Crippen MR) is 99.4 cm³/mol. The molecule has 0 spiro atoms. The first-order valence-electron chi connectivity index (χ1n) is 8.21. The number of nitrogens with zero attached hydrogens (tertiary/aromatic N) is 1. The molecule has 0 aliphatic carbocycles. The molecule has 1 aromatic heterocycles. The number of hydrogen-bond acceptors (Lipinski definition) is 5. The first-order valence-corrected chi connectivity index (χ1v) is 9.53. The minimum atomic E-state index is -0.136. The van der Waals surface area contributed by atoms with E-state index in [0.717, 1.165) is 26.3 Å². The molecule has 2 heterocycles. The molecule has 5 nitrogen and oxygen atoms in total. The molecule has 0 saturated carbocycles. The van der Waals surface area contributed by atoms with Gasteiger partial charge in [0.2, 0.25) is 0 Å². The van der Waals surface area contributed by atoms with Crippen molar-refractivity contribution in [2.24, 2.45) is 0 Å². The maximum absolute atomic E-state index is 12.1. The van der Waals surface area contributed by atoms with Crippen molar-refractivity contribution >= 4 is 28.8 Å². The van der Waals surface area contributed by atoms with Crippen molar-refractivity contribution in [1.29, 1.82) is 0 Å². The summed E-state index contributed by atoms with van der Waals surface area (Å²) in [7, 11) is 0. The molecule has 134 valence electrons. The van der Waals surface area contributed by atoms with Gasteiger partial charge in [-0.05, 0) is 46.7 Å². The van der Waals surface area contributed by atoms with Gasteiger partial charge in [0.1, 0.15) is 5.75 Å². The zero-order valence-electron chi connectivity index (χ0n) is 13.8. The van der Waals surface area contributed by atoms with Gasteiger partial charge in [0, 0.05) is 24.7 Å². The van der Waals surface area contributed by atoms with Gasteiger partial charge in [-0.25, -0.2) is 0 Å². The van der Waals surface area contributed by atoms with E-state index in [1.54, 1.807) is 35.6 Å². The summed E-state index contributed by atoms with van der Waals surface area (Å²) >= 11 is 7.50. The van der Waals surface area contributed by atoms with E-state index in [0.29, 0.717) is 17.3 Å². The van der Waals surface area contributed by atoms with Gasteiger partial charge in [-0.2, -0.15) is 11.3 Å². The fourth-order valence-electron chi connectivity index (χ4n) is 2.75. The molecule has 1 atom stereocenters. The van der Waals surface area contributed by atoms with Crippen LogP contribution in [0.3, 0.4) is 0 Å². The number of benzene rings is 1. The molecule has 1 aliphatic heterocycles. The Labute approximate surface area is 156 Å². The summed E-state index contributed by atoms with van der Waals surface area (Å²) in [5, 5.41) is 7.82. The third-order valence-electron chi connectivity index (χ3n) is 4.09. The Bertz CT molecular complexity index is 657. The van der Waals surface area contributed by atoms with Gasteiger partial charge in [0.05, 0.1) is 19.3 Å². The first-order chi connectivity index (χ1) is 12.2. The van der Waals surface area contributed by atoms with E-state index in [1.807, 2.05) is 0 Å². The Hall–Kier alpha value is -1.60. The fourth-order valence-corrected chi connectivity index (χ4v) is 3.59. The third-order valence-corrected chi connectivity index (χ3v) is 5.04. The topological polar surface area (TPSA) is 50.8 Å². The fraction of sp³-hybridized carbons (Fsp3) is 0.389. The molecule has 1 saturated heterocycles. The highest BCUT2D eigenvalue weighted by Gasteiger charge is 2.23. The Balaban J connectivity index is 1.51. The van der Waals surface area contributed by atoms with E-state index in [2.05, 4.69) is 27.0 Å². The second-order valence-corrected chi connectivity index (χ2v) is 6.98. The van der Waals surface area contributed by atoms with E-state index in [4.69, 9.17) is 21.1 Å². The highest BCUT2D eigenvalue weighted by atomic mass is 35.5. The van der Waals surface area contributed by atoms with E-state index >= 15 is 0 Å². The van der Waals surface area contributed by atoms with Gasteiger partial charge in [0.15, 0.2) is 6.61 Å². The smallest absolute Gasteiger partial charge is 0.258 e. The van der Waals surface area contributed by atoms with Crippen LogP contribution in [-0.2, 0) is 9.53 Å². The van der Waals surface area contributed by atoms with Crippen LogP contribution in [0.4, 0.5) is 0 Å². The van der Waals surface area contributed by atoms with Crippen LogP contribution in [0.25, 0.3) is 0 Å². The van der Waals surface area contributed by atoms with Crippen LogP contribution in [0.5, 0.6) is 5.75 Å². The minimum Gasteiger partial charge on any atom is -0.484 e. The van der Waals surface area contributed by atoms with Crippen LogP contribution >= 0.6 is 22.9 Å². The van der Waals surface area contributed by atoms with Crippen molar-refractivity contribution in [3.05, 3.63) is 51.7 Å². The highest BCUT2D eigenvalue weighted by Crippen LogP contribution is 2.23. The summed E-state index contributed by atoms with van der Waals surface area (Å²) in [6, 6.07) is 9.24. The van der Waals surface area contributed by atoms with Gasteiger partial charge in [-0.3, -0.25) is 9.69 Å². The Morgan fingerprint density at radius 3 is 2.72 bits per heavy atom.